The molecule has 2 aromatic heterocycles. The van der Waals surface area contributed by atoms with Crippen LogP contribution in [0.15, 0.2) is 40.5 Å². The molecule has 0 unspecified atom stereocenters. The Morgan fingerprint density at radius 3 is 2.92 bits per heavy atom. The number of hydrazone groups is 1. The van der Waals surface area contributed by atoms with E-state index in [1.807, 2.05) is 13.8 Å². The van der Waals surface area contributed by atoms with Crippen LogP contribution >= 0.6 is 11.3 Å². The van der Waals surface area contributed by atoms with Gasteiger partial charge in [-0.2, -0.15) is 5.10 Å². The topological polar surface area (TPSA) is 96.6 Å². The number of aromatic nitrogens is 2. The maximum Gasteiger partial charge on any atom is 0.262 e. The van der Waals surface area contributed by atoms with E-state index in [2.05, 4.69) is 15.5 Å². The van der Waals surface area contributed by atoms with Gasteiger partial charge < -0.3 is 5.11 Å². The lowest BCUT2D eigenvalue weighted by Crippen LogP contribution is -2.30. The number of fused-ring (bicyclic) bond motifs is 1. The Hall–Kier alpha value is -3.00. The standard InChI is InChI=1S/C17H16N4O3S/c1-10-11(2)25-16-15(10)17(24)21(9-18-16)8-14(23)20-19-7-12-5-3-4-6-13(12)22/h3-7,9,22H,8H2,1-2H3,(H,20,23). The summed E-state index contributed by atoms with van der Waals surface area (Å²) < 4.78 is 1.26. The molecule has 0 aliphatic rings. The molecule has 7 nitrogen and oxygen atoms in total. The molecule has 2 N–H and O–H groups in total. The molecule has 1 aromatic carbocycles. The summed E-state index contributed by atoms with van der Waals surface area (Å²) in [5.41, 5.74) is 3.47. The third-order valence-electron chi connectivity index (χ3n) is 3.80. The van der Waals surface area contributed by atoms with Gasteiger partial charge in [0, 0.05) is 10.4 Å². The minimum Gasteiger partial charge on any atom is -0.507 e. The zero-order valence-corrected chi connectivity index (χ0v) is 14.5. The van der Waals surface area contributed by atoms with Crippen molar-refractivity contribution in [2.45, 2.75) is 20.4 Å². The Morgan fingerprint density at radius 1 is 1.40 bits per heavy atom. The molecule has 0 fully saturated rings. The normalized spacial score (nSPS) is 11.3. The first-order valence-electron chi connectivity index (χ1n) is 7.52. The van der Waals surface area contributed by atoms with Gasteiger partial charge in [-0.1, -0.05) is 12.1 Å². The molecule has 2 heterocycles. The molecular formula is C17H16N4O3S. The van der Waals surface area contributed by atoms with E-state index in [1.165, 1.54) is 34.5 Å². The Labute approximate surface area is 147 Å². The van der Waals surface area contributed by atoms with Crippen LogP contribution in [-0.2, 0) is 11.3 Å². The zero-order chi connectivity index (χ0) is 18.0. The molecule has 0 atom stereocenters. The monoisotopic (exact) mass is 356 g/mol. The number of phenols is 1. The van der Waals surface area contributed by atoms with Crippen molar-refractivity contribution in [1.82, 2.24) is 15.0 Å². The molecule has 25 heavy (non-hydrogen) atoms. The van der Waals surface area contributed by atoms with Gasteiger partial charge in [-0.15, -0.1) is 11.3 Å². The molecule has 0 aliphatic carbocycles. The predicted octanol–water partition coefficient (Wildman–Crippen LogP) is 1.93. The highest BCUT2D eigenvalue weighted by Gasteiger charge is 2.13. The first kappa shape index (κ1) is 16.8. The van der Waals surface area contributed by atoms with Crippen molar-refractivity contribution in [2.24, 2.45) is 5.10 Å². The van der Waals surface area contributed by atoms with Gasteiger partial charge in [0.05, 0.1) is 17.9 Å². The van der Waals surface area contributed by atoms with Gasteiger partial charge in [-0.25, -0.2) is 10.4 Å². The van der Waals surface area contributed by atoms with Crippen LogP contribution in [-0.4, -0.2) is 26.8 Å². The van der Waals surface area contributed by atoms with Gasteiger partial charge in [-0.3, -0.25) is 14.2 Å². The fraction of sp³-hybridized carbons (Fsp3) is 0.176. The molecule has 0 radical (unpaired) electrons. The quantitative estimate of drug-likeness (QED) is 0.551. The van der Waals surface area contributed by atoms with Gasteiger partial charge in [-0.05, 0) is 31.5 Å². The van der Waals surface area contributed by atoms with Crippen molar-refractivity contribution >= 4 is 33.7 Å². The summed E-state index contributed by atoms with van der Waals surface area (Å²) in [5.74, 6) is -0.394. The first-order chi connectivity index (χ1) is 12.0. The third-order valence-corrected chi connectivity index (χ3v) is 4.91. The van der Waals surface area contributed by atoms with Crippen LogP contribution in [0.4, 0.5) is 0 Å². The summed E-state index contributed by atoms with van der Waals surface area (Å²) in [4.78, 5) is 30.5. The smallest absolute Gasteiger partial charge is 0.262 e. The van der Waals surface area contributed by atoms with E-state index in [9.17, 15) is 14.7 Å². The van der Waals surface area contributed by atoms with E-state index in [4.69, 9.17) is 0 Å². The first-order valence-corrected chi connectivity index (χ1v) is 8.34. The maximum atomic E-state index is 12.5. The van der Waals surface area contributed by atoms with Crippen molar-refractivity contribution < 1.29 is 9.90 Å². The molecule has 0 spiro atoms. The van der Waals surface area contributed by atoms with Crippen molar-refractivity contribution in [1.29, 1.82) is 0 Å². The lowest BCUT2D eigenvalue weighted by atomic mass is 10.2. The van der Waals surface area contributed by atoms with Crippen LogP contribution < -0.4 is 11.0 Å². The maximum absolute atomic E-state index is 12.5. The number of hydrogen-bond donors (Lipinski definition) is 2. The number of nitrogens with one attached hydrogen (secondary N) is 1. The van der Waals surface area contributed by atoms with Crippen molar-refractivity contribution in [3.05, 3.63) is 57.0 Å². The Morgan fingerprint density at radius 2 is 2.16 bits per heavy atom. The summed E-state index contributed by atoms with van der Waals surface area (Å²) in [6, 6.07) is 6.62. The van der Waals surface area contributed by atoms with E-state index in [0.717, 1.165) is 10.4 Å². The van der Waals surface area contributed by atoms with Crippen molar-refractivity contribution in [2.75, 3.05) is 0 Å². The SMILES string of the molecule is Cc1sc2ncn(CC(=O)NN=Cc3ccccc3O)c(=O)c2c1C. The van der Waals surface area contributed by atoms with Crippen LogP contribution in [0.25, 0.3) is 10.2 Å². The van der Waals surface area contributed by atoms with Crippen molar-refractivity contribution in [3.63, 3.8) is 0 Å². The molecule has 0 saturated heterocycles. The molecule has 3 aromatic rings. The molecule has 128 valence electrons. The number of carbonyl (C=O) groups excluding carboxylic acids is 1. The number of aryl methyl sites for hydroxylation is 2. The lowest BCUT2D eigenvalue weighted by molar-refractivity contribution is -0.121. The molecular weight excluding hydrogens is 340 g/mol. The fourth-order valence-electron chi connectivity index (χ4n) is 2.34. The summed E-state index contributed by atoms with van der Waals surface area (Å²) in [5, 5.41) is 14.0. The van der Waals surface area contributed by atoms with E-state index in [-0.39, 0.29) is 17.9 Å². The number of hydrogen-bond acceptors (Lipinski definition) is 6. The highest BCUT2D eigenvalue weighted by Crippen LogP contribution is 2.25. The van der Waals surface area contributed by atoms with Gasteiger partial charge in [0.2, 0.25) is 0 Å². The van der Waals surface area contributed by atoms with Gasteiger partial charge in [0.1, 0.15) is 17.1 Å². The summed E-state index contributed by atoms with van der Waals surface area (Å²) in [7, 11) is 0. The highest BCUT2D eigenvalue weighted by atomic mass is 32.1. The number of benzene rings is 1. The Balaban J connectivity index is 1.74. The second-order valence-electron chi connectivity index (χ2n) is 5.49. The second-order valence-corrected chi connectivity index (χ2v) is 6.70. The van der Waals surface area contributed by atoms with Gasteiger partial charge in [0.25, 0.3) is 11.5 Å². The van der Waals surface area contributed by atoms with Crippen LogP contribution in [0, 0.1) is 13.8 Å². The fourth-order valence-corrected chi connectivity index (χ4v) is 3.33. The molecule has 8 heteroatoms. The van der Waals surface area contributed by atoms with Crippen LogP contribution in [0.5, 0.6) is 5.75 Å². The summed E-state index contributed by atoms with van der Waals surface area (Å²) in [6.07, 6.45) is 2.70. The van der Waals surface area contributed by atoms with Crippen LogP contribution in [0.2, 0.25) is 0 Å². The van der Waals surface area contributed by atoms with E-state index in [1.54, 1.807) is 18.2 Å². The zero-order valence-electron chi connectivity index (χ0n) is 13.7. The molecule has 0 bridgehead atoms. The highest BCUT2D eigenvalue weighted by molar-refractivity contribution is 7.18. The second kappa shape index (κ2) is 6.86. The molecule has 3 rings (SSSR count). The number of thiophene rings is 1. The summed E-state index contributed by atoms with van der Waals surface area (Å²) >= 11 is 1.46. The van der Waals surface area contributed by atoms with Gasteiger partial charge in [0.15, 0.2) is 0 Å². The number of nitrogens with zero attached hydrogens (tertiary/aromatic N) is 3. The van der Waals surface area contributed by atoms with Crippen molar-refractivity contribution in [3.8, 4) is 5.75 Å². The number of amides is 1. The van der Waals surface area contributed by atoms with Gasteiger partial charge >= 0.3 is 0 Å². The minimum atomic E-state index is -0.459. The van der Waals surface area contributed by atoms with Crippen LogP contribution in [0.3, 0.4) is 0 Å². The minimum absolute atomic E-state index is 0.0645. The number of aromatic hydroxyl groups is 1. The van der Waals surface area contributed by atoms with E-state index in [0.29, 0.717) is 15.8 Å². The lowest BCUT2D eigenvalue weighted by Gasteiger charge is -2.04. The third kappa shape index (κ3) is 3.43. The largest absolute Gasteiger partial charge is 0.507 e. The predicted molar refractivity (Wildman–Crippen MR) is 97.2 cm³/mol. The summed E-state index contributed by atoms with van der Waals surface area (Å²) in [6.45, 7) is 3.62. The number of carbonyl (C=O) groups is 1. The number of phenolic OH excluding ortho intramolecular Hbond substituents is 1. The molecule has 1 amide bonds. The van der Waals surface area contributed by atoms with E-state index >= 15 is 0 Å². The Kier molecular flexibility index (Phi) is 4.62. The average Bonchev–Trinajstić information content (AvgIpc) is 2.87. The average molecular weight is 356 g/mol. The molecule has 0 saturated carbocycles. The van der Waals surface area contributed by atoms with E-state index < -0.39 is 5.91 Å². The number of rotatable bonds is 4. The van der Waals surface area contributed by atoms with Crippen LogP contribution in [0.1, 0.15) is 16.0 Å². The molecule has 0 aliphatic heterocycles. The Bertz CT molecular complexity index is 1040. The number of para-hydroxylation sites is 1.